The van der Waals surface area contributed by atoms with Crippen molar-refractivity contribution in [2.24, 2.45) is 0 Å². The van der Waals surface area contributed by atoms with Crippen molar-refractivity contribution >= 4 is 51.2 Å². The molecule has 3 nitrogen and oxygen atoms in total. The van der Waals surface area contributed by atoms with Gasteiger partial charge in [-0.2, -0.15) is 0 Å². The topological polar surface area (TPSA) is 39.2 Å². The van der Waals surface area contributed by atoms with Crippen LogP contribution in [0.1, 0.15) is 24.6 Å². The maximum absolute atomic E-state index is 12.7. The highest BCUT2D eigenvalue weighted by Crippen LogP contribution is 2.27. The highest BCUT2D eigenvalue weighted by molar-refractivity contribution is 14.1. The van der Waals surface area contributed by atoms with Crippen molar-refractivity contribution < 1.29 is 18.3 Å². The van der Waals surface area contributed by atoms with Gasteiger partial charge in [0.1, 0.15) is 3.70 Å². The predicted molar refractivity (Wildman–Crippen MR) is 75.0 cm³/mol. The first-order chi connectivity index (χ1) is 7.95. The van der Waals surface area contributed by atoms with E-state index in [0.29, 0.717) is 13.0 Å². The zero-order valence-corrected chi connectivity index (χ0v) is 13.2. The van der Waals surface area contributed by atoms with E-state index in [9.17, 15) is 13.6 Å². The number of carbonyl (C=O) groups is 1. The Bertz CT molecular complexity index is 427. The lowest BCUT2D eigenvalue weighted by molar-refractivity contribution is -0.142. The van der Waals surface area contributed by atoms with Crippen molar-refractivity contribution in [3.63, 3.8) is 0 Å². The second-order valence-electron chi connectivity index (χ2n) is 3.09. The Morgan fingerprint density at radius 1 is 1.53 bits per heavy atom. The molecule has 1 rings (SSSR count). The van der Waals surface area contributed by atoms with Gasteiger partial charge in [-0.25, -0.2) is 13.8 Å². The number of ether oxygens (including phenoxy) is 1. The molecule has 0 aliphatic rings. The number of hydrogen-bond acceptors (Lipinski definition) is 3. The number of carbonyl (C=O) groups excluding carboxylic acids is 1. The third kappa shape index (κ3) is 4.27. The quantitative estimate of drug-likeness (QED) is 0.388. The first-order valence-corrected chi connectivity index (χ1v) is 6.90. The van der Waals surface area contributed by atoms with Crippen LogP contribution in [0.3, 0.4) is 0 Å². The van der Waals surface area contributed by atoms with Gasteiger partial charge in [-0.05, 0) is 58.2 Å². The summed E-state index contributed by atoms with van der Waals surface area (Å²) in [6, 6.07) is 1.26. The van der Waals surface area contributed by atoms with Gasteiger partial charge in [-0.15, -0.1) is 0 Å². The van der Waals surface area contributed by atoms with E-state index >= 15 is 0 Å². The largest absolute Gasteiger partial charge is 0.466 e. The van der Waals surface area contributed by atoms with Crippen LogP contribution in [0.25, 0.3) is 0 Å². The van der Waals surface area contributed by atoms with Crippen molar-refractivity contribution in [2.45, 2.75) is 19.8 Å². The molecule has 0 saturated heterocycles. The van der Waals surface area contributed by atoms with Crippen LogP contribution in [0, 0.1) is 7.27 Å². The molecular formula is C10H9F2I2NO2. The van der Waals surface area contributed by atoms with Crippen LogP contribution in [0.5, 0.6) is 0 Å². The lowest BCUT2D eigenvalue weighted by Gasteiger charge is -2.08. The number of hydrogen-bond donors (Lipinski definition) is 0. The minimum atomic E-state index is -2.57. The molecule has 0 fully saturated rings. The zero-order chi connectivity index (χ0) is 13.0. The van der Waals surface area contributed by atoms with E-state index in [1.165, 1.54) is 6.07 Å². The summed E-state index contributed by atoms with van der Waals surface area (Å²) in [5.41, 5.74) is 0.216. The highest BCUT2D eigenvalue weighted by Gasteiger charge is 2.17. The number of nitrogens with zero attached hydrogens (tertiary/aromatic N) is 1. The number of alkyl halides is 2. The van der Waals surface area contributed by atoms with E-state index in [0.717, 1.165) is 0 Å². The van der Waals surface area contributed by atoms with Crippen molar-refractivity contribution in [2.75, 3.05) is 6.61 Å². The fraction of sp³-hybridized carbons (Fsp3) is 0.400. The number of halogens is 4. The maximum Gasteiger partial charge on any atom is 0.311 e. The highest BCUT2D eigenvalue weighted by atomic mass is 127. The van der Waals surface area contributed by atoms with E-state index in [1.54, 1.807) is 6.92 Å². The summed E-state index contributed by atoms with van der Waals surface area (Å²) in [7, 11) is 0. The van der Waals surface area contributed by atoms with E-state index < -0.39 is 12.4 Å². The van der Waals surface area contributed by atoms with Crippen LogP contribution >= 0.6 is 45.2 Å². The smallest absolute Gasteiger partial charge is 0.311 e. The maximum atomic E-state index is 12.7. The van der Waals surface area contributed by atoms with Crippen LogP contribution in [0.4, 0.5) is 8.78 Å². The molecule has 1 heterocycles. The Balaban J connectivity index is 2.98. The van der Waals surface area contributed by atoms with Crippen LogP contribution < -0.4 is 0 Å². The zero-order valence-electron chi connectivity index (χ0n) is 8.84. The Morgan fingerprint density at radius 2 is 2.18 bits per heavy atom. The minimum absolute atomic E-state index is 0.0829. The summed E-state index contributed by atoms with van der Waals surface area (Å²) in [6.45, 7) is 1.95. The molecule has 0 aromatic carbocycles. The Morgan fingerprint density at radius 3 is 2.71 bits per heavy atom. The standard InChI is InChI=1S/C10H9F2I2NO2/c1-2-17-7(16)4-5-3-6(9(11)12)8(13)10(14)15-5/h3,9H,2,4H2,1H3. The van der Waals surface area contributed by atoms with Crippen molar-refractivity contribution in [3.05, 3.63) is 24.6 Å². The van der Waals surface area contributed by atoms with Gasteiger partial charge in [0.15, 0.2) is 0 Å². The molecule has 0 spiro atoms. The van der Waals surface area contributed by atoms with Gasteiger partial charge < -0.3 is 4.74 Å². The average molecular weight is 467 g/mol. The molecule has 0 aliphatic heterocycles. The average Bonchev–Trinajstić information content (AvgIpc) is 2.23. The molecule has 0 saturated carbocycles. The molecule has 0 bridgehead atoms. The number of rotatable bonds is 4. The summed E-state index contributed by atoms with van der Waals surface area (Å²) in [5.74, 6) is -0.461. The van der Waals surface area contributed by atoms with Gasteiger partial charge in [-0.3, -0.25) is 4.79 Å². The third-order valence-electron chi connectivity index (χ3n) is 1.86. The van der Waals surface area contributed by atoms with Gasteiger partial charge in [0.2, 0.25) is 0 Å². The monoisotopic (exact) mass is 467 g/mol. The van der Waals surface area contributed by atoms with Crippen molar-refractivity contribution in [3.8, 4) is 0 Å². The number of esters is 1. The lowest BCUT2D eigenvalue weighted by Crippen LogP contribution is -2.10. The molecular weight excluding hydrogens is 458 g/mol. The second-order valence-corrected chi connectivity index (χ2v) is 5.19. The van der Waals surface area contributed by atoms with Gasteiger partial charge >= 0.3 is 5.97 Å². The summed E-state index contributed by atoms with van der Waals surface area (Å²) >= 11 is 3.69. The van der Waals surface area contributed by atoms with Crippen LogP contribution in [-0.4, -0.2) is 17.6 Å². The van der Waals surface area contributed by atoms with E-state index in [4.69, 9.17) is 4.74 Å². The Labute approximate surface area is 125 Å². The fourth-order valence-corrected chi connectivity index (χ4v) is 2.31. The molecule has 7 heteroatoms. The first-order valence-electron chi connectivity index (χ1n) is 4.74. The van der Waals surface area contributed by atoms with Gasteiger partial charge in [0, 0.05) is 5.56 Å². The SMILES string of the molecule is CCOC(=O)Cc1cc(C(F)F)c(I)c(I)n1. The number of aromatic nitrogens is 1. The summed E-state index contributed by atoms with van der Waals surface area (Å²) in [4.78, 5) is 15.3. The van der Waals surface area contributed by atoms with Crippen LogP contribution in [0.15, 0.2) is 6.07 Å². The molecule has 0 aliphatic carbocycles. The Hall–Kier alpha value is -0.0600. The van der Waals surface area contributed by atoms with Crippen LogP contribution in [-0.2, 0) is 16.0 Å². The molecule has 0 unspecified atom stereocenters. The molecule has 1 aromatic heterocycles. The summed E-state index contributed by atoms with van der Waals surface area (Å²) < 4.78 is 31.1. The summed E-state index contributed by atoms with van der Waals surface area (Å²) in [5, 5.41) is 0. The van der Waals surface area contributed by atoms with E-state index in [1.807, 2.05) is 45.2 Å². The fourth-order valence-electron chi connectivity index (χ4n) is 1.18. The van der Waals surface area contributed by atoms with E-state index in [-0.39, 0.29) is 18.6 Å². The molecule has 0 amide bonds. The van der Waals surface area contributed by atoms with Gasteiger partial charge in [0.05, 0.1) is 22.3 Å². The van der Waals surface area contributed by atoms with Crippen molar-refractivity contribution in [1.29, 1.82) is 0 Å². The predicted octanol–water partition coefficient (Wildman–Crippen LogP) is 3.33. The summed E-state index contributed by atoms with van der Waals surface area (Å²) in [6.07, 6.45) is -2.65. The van der Waals surface area contributed by atoms with E-state index in [2.05, 4.69) is 4.98 Å². The molecule has 0 radical (unpaired) electrons. The molecule has 0 N–H and O–H groups in total. The van der Waals surface area contributed by atoms with Gasteiger partial charge in [0.25, 0.3) is 6.43 Å². The third-order valence-corrected chi connectivity index (χ3v) is 4.81. The Kier molecular flexibility index (Phi) is 5.97. The second kappa shape index (κ2) is 6.76. The normalized spacial score (nSPS) is 10.7. The number of pyridine rings is 1. The van der Waals surface area contributed by atoms with Crippen molar-refractivity contribution in [1.82, 2.24) is 4.98 Å². The van der Waals surface area contributed by atoms with Crippen LogP contribution in [0.2, 0.25) is 0 Å². The molecule has 17 heavy (non-hydrogen) atoms. The first kappa shape index (κ1) is 15.0. The minimum Gasteiger partial charge on any atom is -0.466 e. The molecule has 94 valence electrons. The lowest BCUT2D eigenvalue weighted by atomic mass is 10.2. The van der Waals surface area contributed by atoms with Gasteiger partial charge in [-0.1, -0.05) is 0 Å². The molecule has 0 atom stereocenters. The molecule has 1 aromatic rings.